The number of nitro benzene ring substituents is 1. The third-order valence-electron chi connectivity index (χ3n) is 3.11. The Morgan fingerprint density at radius 3 is 2.90 bits per heavy atom. The first-order valence-electron chi connectivity index (χ1n) is 6.25. The molecular formula is C12H16N4O3S. The number of nitro groups is 1. The Morgan fingerprint density at radius 2 is 2.20 bits per heavy atom. The highest BCUT2D eigenvalue weighted by molar-refractivity contribution is 7.99. The fraction of sp³-hybridized carbons (Fsp3) is 0.417. The van der Waals surface area contributed by atoms with E-state index >= 15 is 0 Å². The maximum absolute atomic E-state index is 12.5. The number of carbonyl (C=O) groups excluding carboxylic acids is 1. The molecule has 0 spiro atoms. The van der Waals surface area contributed by atoms with Gasteiger partial charge in [0.2, 0.25) is 0 Å². The van der Waals surface area contributed by atoms with Crippen molar-refractivity contribution in [1.29, 1.82) is 0 Å². The van der Waals surface area contributed by atoms with Gasteiger partial charge in [0.15, 0.2) is 0 Å². The molecular weight excluding hydrogens is 280 g/mol. The largest absolute Gasteiger partial charge is 0.338 e. The Bertz CT molecular complexity index is 515. The van der Waals surface area contributed by atoms with E-state index in [0.29, 0.717) is 18.8 Å². The Morgan fingerprint density at radius 1 is 1.40 bits per heavy atom. The number of nitrogens with one attached hydrogen (secondary N) is 1. The van der Waals surface area contributed by atoms with E-state index < -0.39 is 4.92 Å². The third-order valence-corrected chi connectivity index (χ3v) is 4.16. The minimum atomic E-state index is -0.518. The molecule has 8 heteroatoms. The average Bonchev–Trinajstić information content (AvgIpc) is 2.74. The normalized spacial score (nSPS) is 15.6. The molecule has 0 aliphatic carbocycles. The van der Waals surface area contributed by atoms with E-state index in [1.807, 2.05) is 11.8 Å². The minimum absolute atomic E-state index is 0.114. The van der Waals surface area contributed by atoms with Gasteiger partial charge in [-0.05, 0) is 18.2 Å². The summed E-state index contributed by atoms with van der Waals surface area (Å²) in [5, 5.41) is 10.8. The van der Waals surface area contributed by atoms with Crippen molar-refractivity contribution in [1.82, 2.24) is 4.90 Å². The average molecular weight is 296 g/mol. The lowest BCUT2D eigenvalue weighted by atomic mass is 10.1. The van der Waals surface area contributed by atoms with Crippen molar-refractivity contribution in [3.8, 4) is 0 Å². The van der Waals surface area contributed by atoms with Crippen molar-refractivity contribution in [2.75, 3.05) is 30.0 Å². The van der Waals surface area contributed by atoms with Crippen LogP contribution in [-0.2, 0) is 0 Å². The SMILES string of the molecule is NNc1ccc([N+](=O)[O-])cc1C(=O)N1CCCSCC1. The number of hydrogen-bond donors (Lipinski definition) is 2. The van der Waals surface area contributed by atoms with Gasteiger partial charge in [-0.1, -0.05) is 0 Å². The summed E-state index contributed by atoms with van der Waals surface area (Å²) in [5.74, 6) is 7.07. The number of hydrogen-bond acceptors (Lipinski definition) is 6. The highest BCUT2D eigenvalue weighted by Gasteiger charge is 2.22. The molecule has 20 heavy (non-hydrogen) atoms. The second kappa shape index (κ2) is 6.58. The van der Waals surface area contributed by atoms with E-state index in [0.717, 1.165) is 17.9 Å². The van der Waals surface area contributed by atoms with E-state index in [9.17, 15) is 14.9 Å². The first kappa shape index (κ1) is 14.6. The maximum Gasteiger partial charge on any atom is 0.270 e. The van der Waals surface area contributed by atoms with Gasteiger partial charge in [0.1, 0.15) is 0 Å². The Balaban J connectivity index is 2.31. The molecule has 0 bridgehead atoms. The molecule has 2 rings (SSSR count). The van der Waals surface area contributed by atoms with Crippen LogP contribution in [0.25, 0.3) is 0 Å². The molecule has 0 saturated carbocycles. The van der Waals surface area contributed by atoms with Crippen LogP contribution in [0.4, 0.5) is 11.4 Å². The summed E-state index contributed by atoms with van der Waals surface area (Å²) in [7, 11) is 0. The standard InChI is InChI=1S/C12H16N4O3S/c13-14-11-3-2-9(16(18)19)8-10(11)12(17)15-4-1-6-20-7-5-15/h2-3,8,14H,1,4-7,13H2. The highest BCUT2D eigenvalue weighted by atomic mass is 32.2. The molecule has 1 fully saturated rings. The van der Waals surface area contributed by atoms with Crippen molar-refractivity contribution >= 4 is 29.0 Å². The topological polar surface area (TPSA) is 101 Å². The first-order chi connectivity index (χ1) is 9.63. The van der Waals surface area contributed by atoms with Crippen LogP contribution in [-0.4, -0.2) is 40.3 Å². The van der Waals surface area contributed by atoms with Crippen LogP contribution in [0.1, 0.15) is 16.8 Å². The van der Waals surface area contributed by atoms with Crippen molar-refractivity contribution in [3.05, 3.63) is 33.9 Å². The summed E-state index contributed by atoms with van der Waals surface area (Å²) in [4.78, 5) is 24.5. The lowest BCUT2D eigenvalue weighted by molar-refractivity contribution is -0.384. The summed E-state index contributed by atoms with van der Waals surface area (Å²) >= 11 is 1.81. The van der Waals surface area contributed by atoms with Crippen LogP contribution in [0.2, 0.25) is 0 Å². The lowest BCUT2D eigenvalue weighted by Gasteiger charge is -2.21. The molecule has 108 valence electrons. The lowest BCUT2D eigenvalue weighted by Crippen LogP contribution is -2.33. The number of hydrazine groups is 1. The number of non-ortho nitro benzene ring substituents is 1. The number of thioether (sulfide) groups is 1. The van der Waals surface area contributed by atoms with Gasteiger partial charge in [-0.2, -0.15) is 11.8 Å². The van der Waals surface area contributed by atoms with Gasteiger partial charge in [0, 0.05) is 31.0 Å². The molecule has 1 aliphatic rings. The second-order valence-corrected chi connectivity index (χ2v) is 5.61. The van der Waals surface area contributed by atoms with Gasteiger partial charge in [-0.3, -0.25) is 20.8 Å². The van der Waals surface area contributed by atoms with Gasteiger partial charge >= 0.3 is 0 Å². The van der Waals surface area contributed by atoms with Gasteiger partial charge in [0.25, 0.3) is 11.6 Å². The van der Waals surface area contributed by atoms with E-state index in [-0.39, 0.29) is 17.2 Å². The fourth-order valence-electron chi connectivity index (χ4n) is 2.07. The third kappa shape index (κ3) is 3.20. The van der Waals surface area contributed by atoms with E-state index in [4.69, 9.17) is 5.84 Å². The molecule has 7 nitrogen and oxygen atoms in total. The zero-order chi connectivity index (χ0) is 14.5. The van der Waals surface area contributed by atoms with Crippen molar-refractivity contribution in [2.24, 2.45) is 5.84 Å². The Hall–Kier alpha value is -1.80. The number of nitrogens with two attached hydrogens (primary N) is 1. The zero-order valence-corrected chi connectivity index (χ0v) is 11.7. The number of nitrogen functional groups attached to an aromatic ring is 1. The second-order valence-electron chi connectivity index (χ2n) is 4.39. The van der Waals surface area contributed by atoms with Crippen molar-refractivity contribution < 1.29 is 9.72 Å². The Labute approximate surface area is 120 Å². The number of nitrogens with zero attached hydrogens (tertiary/aromatic N) is 2. The van der Waals surface area contributed by atoms with Crippen molar-refractivity contribution in [2.45, 2.75) is 6.42 Å². The zero-order valence-electron chi connectivity index (χ0n) is 10.9. The van der Waals surface area contributed by atoms with Crippen LogP contribution >= 0.6 is 11.8 Å². The van der Waals surface area contributed by atoms with E-state index in [2.05, 4.69) is 5.43 Å². The van der Waals surface area contributed by atoms with Crippen LogP contribution in [0.15, 0.2) is 18.2 Å². The van der Waals surface area contributed by atoms with E-state index in [1.54, 1.807) is 4.90 Å². The molecule has 0 radical (unpaired) electrons. The molecule has 1 aromatic carbocycles. The Kier molecular flexibility index (Phi) is 4.80. The predicted molar refractivity (Wildman–Crippen MR) is 78.8 cm³/mol. The summed E-state index contributed by atoms with van der Waals surface area (Å²) < 4.78 is 0. The van der Waals surface area contributed by atoms with Gasteiger partial charge < -0.3 is 10.3 Å². The molecule has 3 N–H and O–H groups in total. The number of amides is 1. The molecule has 0 aromatic heterocycles. The summed E-state index contributed by atoms with van der Waals surface area (Å²) in [6.07, 6.45) is 0.927. The first-order valence-corrected chi connectivity index (χ1v) is 7.41. The summed E-state index contributed by atoms with van der Waals surface area (Å²) in [6.45, 7) is 1.31. The number of rotatable bonds is 3. The molecule has 1 amide bonds. The summed E-state index contributed by atoms with van der Waals surface area (Å²) in [6, 6.07) is 4.05. The van der Waals surface area contributed by atoms with Gasteiger partial charge in [-0.15, -0.1) is 0 Å². The van der Waals surface area contributed by atoms with Crippen LogP contribution in [0, 0.1) is 10.1 Å². The summed E-state index contributed by atoms with van der Waals surface area (Å²) in [5.41, 5.74) is 2.95. The molecule has 0 atom stereocenters. The molecule has 1 aromatic rings. The van der Waals surface area contributed by atoms with Crippen LogP contribution < -0.4 is 11.3 Å². The molecule has 1 aliphatic heterocycles. The number of anilines is 1. The molecule has 1 heterocycles. The monoisotopic (exact) mass is 296 g/mol. The van der Waals surface area contributed by atoms with Crippen LogP contribution in [0.5, 0.6) is 0 Å². The molecule has 1 saturated heterocycles. The number of benzene rings is 1. The number of carbonyl (C=O) groups is 1. The smallest absolute Gasteiger partial charge is 0.270 e. The quantitative estimate of drug-likeness (QED) is 0.497. The van der Waals surface area contributed by atoms with Crippen LogP contribution in [0.3, 0.4) is 0 Å². The highest BCUT2D eigenvalue weighted by Crippen LogP contribution is 2.24. The van der Waals surface area contributed by atoms with E-state index in [1.165, 1.54) is 18.2 Å². The predicted octanol–water partition coefficient (Wildman–Crippen LogP) is 1.46. The van der Waals surface area contributed by atoms with Crippen molar-refractivity contribution in [3.63, 3.8) is 0 Å². The minimum Gasteiger partial charge on any atom is -0.338 e. The fourth-order valence-corrected chi connectivity index (χ4v) is 2.95. The molecule has 0 unspecified atom stereocenters. The maximum atomic E-state index is 12.5. The van der Waals surface area contributed by atoms with Gasteiger partial charge in [-0.25, -0.2) is 0 Å². The van der Waals surface area contributed by atoms with Gasteiger partial charge in [0.05, 0.1) is 16.2 Å².